The summed E-state index contributed by atoms with van der Waals surface area (Å²) < 4.78 is 42.8. The Labute approximate surface area is 213 Å². The van der Waals surface area contributed by atoms with Gasteiger partial charge in [0, 0.05) is 25.0 Å². The number of benzene rings is 2. The molecule has 0 bridgehead atoms. The Morgan fingerprint density at radius 1 is 1.25 bits per heavy atom. The number of hydrogen-bond acceptors (Lipinski definition) is 9. The van der Waals surface area contributed by atoms with Crippen LogP contribution in [0.1, 0.15) is 22.5 Å². The highest BCUT2D eigenvalue weighted by Crippen LogP contribution is 2.22. The van der Waals surface area contributed by atoms with Gasteiger partial charge in [-0.2, -0.15) is 8.42 Å². The highest BCUT2D eigenvalue weighted by Gasteiger charge is 2.23. The fraction of sp³-hybridized carbons (Fsp3) is 0.143. The van der Waals surface area contributed by atoms with Crippen LogP contribution in [0, 0.1) is 5.82 Å². The SMILES string of the molecule is NS(=O)(=O)N1C=C(CNc2nonc2/C(=N/OC(=O)c2ccccc2)Nc2ccc(F)c(Br)c2)CC1. The lowest BCUT2D eigenvalue weighted by molar-refractivity contribution is 0.0516. The predicted octanol–water partition coefficient (Wildman–Crippen LogP) is 2.81. The normalized spacial score (nSPS) is 13.9. The minimum Gasteiger partial charge on any atom is -0.361 e. The summed E-state index contributed by atoms with van der Waals surface area (Å²) in [6, 6.07) is 12.3. The number of nitrogens with zero attached hydrogens (tertiary/aromatic N) is 4. The smallest absolute Gasteiger partial charge is 0.361 e. The fourth-order valence-corrected chi connectivity index (χ4v) is 4.15. The third kappa shape index (κ3) is 6.24. The number of hydrogen-bond donors (Lipinski definition) is 3. The maximum atomic E-state index is 13.7. The van der Waals surface area contributed by atoms with E-state index < -0.39 is 22.0 Å². The van der Waals surface area contributed by atoms with E-state index in [2.05, 4.69) is 42.0 Å². The molecule has 0 aliphatic carbocycles. The van der Waals surface area contributed by atoms with Crippen LogP contribution in [0.25, 0.3) is 0 Å². The van der Waals surface area contributed by atoms with E-state index in [1.807, 2.05) is 0 Å². The molecule has 2 heterocycles. The van der Waals surface area contributed by atoms with Crippen LogP contribution in [0.3, 0.4) is 0 Å². The summed E-state index contributed by atoms with van der Waals surface area (Å²) in [6.07, 6.45) is 1.89. The molecule has 15 heteroatoms. The Morgan fingerprint density at radius 3 is 2.72 bits per heavy atom. The molecular formula is C21H19BrFN7O5S. The number of aromatic nitrogens is 2. The molecule has 0 spiro atoms. The largest absolute Gasteiger partial charge is 0.365 e. The molecule has 12 nitrogen and oxygen atoms in total. The van der Waals surface area contributed by atoms with Gasteiger partial charge in [-0.1, -0.05) is 23.4 Å². The van der Waals surface area contributed by atoms with Crippen LogP contribution in [-0.2, 0) is 15.0 Å². The van der Waals surface area contributed by atoms with Crippen LogP contribution in [-0.4, -0.2) is 47.9 Å². The summed E-state index contributed by atoms with van der Waals surface area (Å²) in [4.78, 5) is 17.5. The number of rotatable bonds is 8. The van der Waals surface area contributed by atoms with Gasteiger partial charge in [0.25, 0.3) is 10.2 Å². The quantitative estimate of drug-likeness (QED) is 0.157. The van der Waals surface area contributed by atoms with E-state index in [1.165, 1.54) is 24.4 Å². The molecule has 0 fully saturated rings. The van der Waals surface area contributed by atoms with E-state index in [-0.39, 0.29) is 40.5 Å². The molecule has 1 aliphatic heterocycles. The zero-order chi connectivity index (χ0) is 25.7. The Hall–Kier alpha value is -3.82. The third-order valence-corrected chi connectivity index (χ3v) is 6.46. The molecule has 0 radical (unpaired) electrons. The topological polar surface area (TPSA) is 165 Å². The van der Waals surface area contributed by atoms with Gasteiger partial charge in [0.1, 0.15) is 5.82 Å². The van der Waals surface area contributed by atoms with Gasteiger partial charge in [0.2, 0.25) is 11.7 Å². The number of halogens is 2. The lowest BCUT2D eigenvalue weighted by Crippen LogP contribution is -2.30. The second-order valence-electron chi connectivity index (χ2n) is 7.45. The molecule has 1 aliphatic rings. The fourth-order valence-electron chi connectivity index (χ4n) is 3.13. The first kappa shape index (κ1) is 25.3. The molecule has 0 amide bonds. The molecule has 4 N–H and O–H groups in total. The molecule has 2 aromatic carbocycles. The molecule has 0 atom stereocenters. The van der Waals surface area contributed by atoms with E-state index in [4.69, 9.17) is 14.6 Å². The Bertz CT molecular complexity index is 1430. The lowest BCUT2D eigenvalue weighted by atomic mass is 10.2. The average molecular weight is 580 g/mol. The molecule has 0 unspecified atom stereocenters. The van der Waals surface area contributed by atoms with Crippen molar-refractivity contribution in [2.75, 3.05) is 23.7 Å². The van der Waals surface area contributed by atoms with E-state index in [1.54, 1.807) is 30.3 Å². The van der Waals surface area contributed by atoms with Gasteiger partial charge in [-0.3, -0.25) is 4.31 Å². The Morgan fingerprint density at radius 2 is 2.03 bits per heavy atom. The van der Waals surface area contributed by atoms with Crippen molar-refractivity contribution in [3.8, 4) is 0 Å². The first-order valence-corrected chi connectivity index (χ1v) is 12.6. The van der Waals surface area contributed by atoms with Crippen LogP contribution < -0.4 is 15.8 Å². The Balaban J connectivity index is 1.57. The van der Waals surface area contributed by atoms with E-state index in [0.717, 1.165) is 9.88 Å². The van der Waals surface area contributed by atoms with E-state index in [9.17, 15) is 17.6 Å². The van der Waals surface area contributed by atoms with Crippen molar-refractivity contribution in [1.29, 1.82) is 0 Å². The molecular weight excluding hydrogens is 561 g/mol. The van der Waals surface area contributed by atoms with Gasteiger partial charge >= 0.3 is 5.97 Å². The summed E-state index contributed by atoms with van der Waals surface area (Å²) in [5.41, 5.74) is 1.46. The van der Waals surface area contributed by atoms with Crippen molar-refractivity contribution < 1.29 is 27.1 Å². The molecule has 188 valence electrons. The van der Waals surface area contributed by atoms with Crippen molar-refractivity contribution in [1.82, 2.24) is 14.6 Å². The number of nitrogens with one attached hydrogen (secondary N) is 2. The number of amidine groups is 1. The first-order valence-electron chi connectivity index (χ1n) is 10.3. The number of nitrogens with two attached hydrogens (primary N) is 1. The standard InChI is InChI=1S/C21H19BrFN7O5S/c22-16-10-15(6-7-17(16)23)26-20(28-34-21(31)14-4-2-1-3-5-14)18-19(29-35-27-18)25-11-13-8-9-30(12-13)36(24,32)33/h1-7,10,12H,8-9,11H2,(H,25,29)(H,26,28)(H2,24,32,33). The molecule has 36 heavy (non-hydrogen) atoms. The lowest BCUT2D eigenvalue weighted by Gasteiger charge is -2.10. The van der Waals surface area contributed by atoms with Crippen molar-refractivity contribution >= 4 is 49.4 Å². The van der Waals surface area contributed by atoms with Crippen LogP contribution in [0.4, 0.5) is 15.9 Å². The monoisotopic (exact) mass is 579 g/mol. The van der Waals surface area contributed by atoms with Gasteiger partial charge < -0.3 is 15.5 Å². The zero-order valence-corrected chi connectivity index (χ0v) is 20.8. The van der Waals surface area contributed by atoms with Crippen LogP contribution in [0.15, 0.2) is 74.6 Å². The van der Waals surface area contributed by atoms with Gasteiger partial charge in [-0.25, -0.2) is 19.0 Å². The van der Waals surface area contributed by atoms with Crippen molar-refractivity contribution in [3.63, 3.8) is 0 Å². The van der Waals surface area contributed by atoms with E-state index >= 15 is 0 Å². The van der Waals surface area contributed by atoms with Crippen molar-refractivity contribution in [2.45, 2.75) is 6.42 Å². The summed E-state index contributed by atoms with van der Waals surface area (Å²) in [5, 5.41) is 22.6. The van der Waals surface area contributed by atoms with Crippen molar-refractivity contribution in [2.24, 2.45) is 10.3 Å². The van der Waals surface area contributed by atoms with Gasteiger partial charge in [-0.05, 0) is 68.6 Å². The molecule has 4 rings (SSSR count). The van der Waals surface area contributed by atoms with Crippen LogP contribution in [0.5, 0.6) is 0 Å². The van der Waals surface area contributed by atoms with Gasteiger partial charge in [-0.15, -0.1) is 0 Å². The predicted molar refractivity (Wildman–Crippen MR) is 131 cm³/mol. The first-order chi connectivity index (χ1) is 17.2. The molecule has 0 saturated carbocycles. The number of anilines is 2. The third-order valence-electron chi connectivity index (χ3n) is 4.91. The van der Waals surface area contributed by atoms with E-state index in [0.29, 0.717) is 12.1 Å². The van der Waals surface area contributed by atoms with Gasteiger partial charge in [0.15, 0.2) is 5.69 Å². The number of carbonyl (C=O) groups is 1. The zero-order valence-electron chi connectivity index (χ0n) is 18.4. The van der Waals surface area contributed by atoms with Gasteiger partial charge in [0.05, 0.1) is 10.0 Å². The van der Waals surface area contributed by atoms with Crippen molar-refractivity contribution in [3.05, 3.63) is 81.9 Å². The summed E-state index contributed by atoms with van der Waals surface area (Å²) >= 11 is 3.11. The maximum absolute atomic E-state index is 13.7. The minimum absolute atomic E-state index is 0.0539. The highest BCUT2D eigenvalue weighted by atomic mass is 79.9. The summed E-state index contributed by atoms with van der Waals surface area (Å²) in [5.74, 6) is -1.13. The molecule has 0 saturated heterocycles. The number of oxime groups is 1. The Kier molecular flexibility index (Phi) is 7.61. The number of carbonyl (C=O) groups excluding carboxylic acids is 1. The maximum Gasteiger partial charge on any atom is 0.365 e. The second-order valence-corrected chi connectivity index (χ2v) is 9.80. The average Bonchev–Trinajstić information content (AvgIpc) is 3.52. The summed E-state index contributed by atoms with van der Waals surface area (Å²) in [7, 11) is -3.83. The minimum atomic E-state index is -3.83. The molecule has 3 aromatic rings. The van der Waals surface area contributed by atoms with Crippen LogP contribution in [0.2, 0.25) is 0 Å². The highest BCUT2D eigenvalue weighted by molar-refractivity contribution is 9.10. The second kappa shape index (κ2) is 10.8. The summed E-state index contributed by atoms with van der Waals surface area (Å²) in [6.45, 7) is 0.426. The van der Waals surface area contributed by atoms with Crippen LogP contribution >= 0.6 is 15.9 Å². The molecule has 1 aromatic heterocycles.